The van der Waals surface area contributed by atoms with Crippen LogP contribution in [0.3, 0.4) is 0 Å². The molecule has 42 heavy (non-hydrogen) atoms. The summed E-state index contributed by atoms with van der Waals surface area (Å²) in [5.41, 5.74) is 2.04. The number of alkyl halides is 3. The number of likely N-dealkylation sites (tertiary alicyclic amines) is 2. The third kappa shape index (κ3) is 8.24. The Hall–Kier alpha value is -2.67. The van der Waals surface area contributed by atoms with Gasteiger partial charge < -0.3 is 24.4 Å². The minimum Gasteiger partial charge on any atom is -0.406 e. The lowest BCUT2D eigenvalue weighted by Gasteiger charge is -2.39. The Morgan fingerprint density at radius 1 is 1.02 bits per heavy atom. The fraction of sp³-hybridized carbons (Fsp3) is 0.667. The quantitative estimate of drug-likeness (QED) is 0.482. The largest absolute Gasteiger partial charge is 0.573 e. The number of nitrogens with one attached hydrogen (secondary N) is 1. The Morgan fingerprint density at radius 3 is 2.40 bits per heavy atom. The fourth-order valence-electron chi connectivity index (χ4n) is 6.38. The fourth-order valence-corrected chi connectivity index (χ4v) is 6.38. The van der Waals surface area contributed by atoms with Gasteiger partial charge in [-0.05, 0) is 77.6 Å². The standard InChI is InChI=1S/C24H31F3N4O3.C6H13NO/c1-16-22(17(2)31(28-16)19-6-4-8-21(14-19)34-24(25,26)27)23(32)29-12-9-18(10-13-29)30-11-5-7-20(30)15-33-3;1-8-5-6-3-2-4-7-6/h4,6,8,14,18,20H,5,7,9-13,15H2,1-3H3;6-7H,2-5H2,1H3/t20-;6-/m00/s1. The molecule has 12 heteroatoms. The Kier molecular flexibility index (Phi) is 11.3. The number of carbonyl (C=O) groups excluding carboxylic acids is 1. The second kappa shape index (κ2) is 14.7. The molecule has 2 aromatic rings. The molecule has 1 N–H and O–H groups in total. The zero-order chi connectivity index (χ0) is 30.3. The normalized spacial score (nSPS) is 21.8. The number of carbonyl (C=O) groups is 1. The van der Waals surface area contributed by atoms with Crippen molar-refractivity contribution in [2.45, 2.75) is 76.9 Å². The van der Waals surface area contributed by atoms with Gasteiger partial charge in [-0.15, -0.1) is 13.2 Å². The lowest BCUT2D eigenvalue weighted by Crippen LogP contribution is -2.49. The van der Waals surface area contributed by atoms with Crippen LogP contribution in [0.25, 0.3) is 5.69 Å². The molecule has 3 aliphatic heterocycles. The molecular weight excluding hydrogens is 551 g/mol. The van der Waals surface area contributed by atoms with Crippen molar-refractivity contribution in [2.75, 3.05) is 53.6 Å². The SMILES string of the molecule is COC[C@@H]1CCCN1.COC[C@@H]1CCCN1C1CCN(C(=O)c2c(C)nn(-c3cccc(OC(F)(F)F)c3)c2C)CC1. The Labute approximate surface area is 246 Å². The first kappa shape index (κ1) is 32.2. The molecule has 0 spiro atoms. The summed E-state index contributed by atoms with van der Waals surface area (Å²) in [6.07, 6.45) is 1.98. The van der Waals surface area contributed by atoms with Gasteiger partial charge in [-0.25, -0.2) is 4.68 Å². The summed E-state index contributed by atoms with van der Waals surface area (Å²) in [5, 5.41) is 7.79. The molecule has 0 aliphatic carbocycles. The van der Waals surface area contributed by atoms with Crippen LogP contribution in [0.4, 0.5) is 13.2 Å². The van der Waals surface area contributed by atoms with E-state index in [2.05, 4.69) is 20.1 Å². The van der Waals surface area contributed by atoms with Gasteiger partial charge in [0.1, 0.15) is 5.75 Å². The molecule has 234 valence electrons. The van der Waals surface area contributed by atoms with E-state index in [0.29, 0.717) is 53.9 Å². The van der Waals surface area contributed by atoms with Crippen molar-refractivity contribution in [2.24, 2.45) is 0 Å². The molecule has 1 aromatic carbocycles. The summed E-state index contributed by atoms with van der Waals surface area (Å²) in [7, 11) is 3.49. The van der Waals surface area contributed by atoms with E-state index in [1.165, 1.54) is 48.7 Å². The number of rotatable bonds is 8. The average molecular weight is 596 g/mol. The van der Waals surface area contributed by atoms with Crippen LogP contribution >= 0.6 is 0 Å². The number of aryl methyl sites for hydroxylation is 1. The molecule has 3 fully saturated rings. The van der Waals surface area contributed by atoms with Crippen LogP contribution in [-0.4, -0.2) is 104 Å². The smallest absolute Gasteiger partial charge is 0.406 e. The molecule has 0 radical (unpaired) electrons. The maximum atomic E-state index is 13.4. The topological polar surface area (TPSA) is 81.1 Å². The van der Waals surface area contributed by atoms with E-state index in [0.717, 1.165) is 39.0 Å². The summed E-state index contributed by atoms with van der Waals surface area (Å²) in [4.78, 5) is 17.8. The van der Waals surface area contributed by atoms with Crippen LogP contribution < -0.4 is 10.1 Å². The van der Waals surface area contributed by atoms with Gasteiger partial charge in [0.05, 0.1) is 35.9 Å². The van der Waals surface area contributed by atoms with E-state index in [1.807, 2.05) is 4.90 Å². The molecule has 1 amide bonds. The zero-order valence-corrected chi connectivity index (χ0v) is 25.1. The highest BCUT2D eigenvalue weighted by Gasteiger charge is 2.35. The molecule has 3 aliphatic rings. The molecule has 9 nitrogen and oxygen atoms in total. The molecule has 0 saturated carbocycles. The van der Waals surface area contributed by atoms with Crippen molar-refractivity contribution in [3.63, 3.8) is 0 Å². The maximum absolute atomic E-state index is 13.4. The van der Waals surface area contributed by atoms with E-state index in [4.69, 9.17) is 9.47 Å². The lowest BCUT2D eigenvalue weighted by molar-refractivity contribution is -0.274. The van der Waals surface area contributed by atoms with E-state index in [-0.39, 0.29) is 11.7 Å². The third-order valence-electron chi connectivity index (χ3n) is 8.33. The first-order chi connectivity index (χ1) is 20.1. The number of hydrogen-bond acceptors (Lipinski definition) is 7. The Balaban J connectivity index is 0.000000437. The van der Waals surface area contributed by atoms with Gasteiger partial charge in [0.15, 0.2) is 0 Å². The van der Waals surface area contributed by atoms with Crippen molar-refractivity contribution in [1.82, 2.24) is 24.9 Å². The van der Waals surface area contributed by atoms with Gasteiger partial charge >= 0.3 is 6.36 Å². The maximum Gasteiger partial charge on any atom is 0.573 e. The molecule has 0 unspecified atom stereocenters. The van der Waals surface area contributed by atoms with Crippen molar-refractivity contribution >= 4 is 5.91 Å². The molecule has 5 rings (SSSR count). The molecular formula is C30H44F3N5O4. The second-order valence-electron chi connectivity index (χ2n) is 11.3. The molecule has 3 saturated heterocycles. The van der Waals surface area contributed by atoms with Crippen LogP contribution in [0.5, 0.6) is 5.75 Å². The van der Waals surface area contributed by atoms with E-state index in [9.17, 15) is 18.0 Å². The van der Waals surface area contributed by atoms with Crippen LogP contribution in [0.1, 0.15) is 60.3 Å². The number of amides is 1. The Morgan fingerprint density at radius 2 is 1.76 bits per heavy atom. The second-order valence-corrected chi connectivity index (χ2v) is 11.3. The van der Waals surface area contributed by atoms with Crippen LogP contribution in [0.15, 0.2) is 24.3 Å². The number of hydrogen-bond donors (Lipinski definition) is 1. The van der Waals surface area contributed by atoms with E-state index in [1.54, 1.807) is 34.1 Å². The van der Waals surface area contributed by atoms with Crippen LogP contribution in [-0.2, 0) is 9.47 Å². The van der Waals surface area contributed by atoms with Gasteiger partial charge in [0.2, 0.25) is 0 Å². The van der Waals surface area contributed by atoms with Crippen molar-refractivity contribution in [1.29, 1.82) is 0 Å². The predicted octanol–water partition coefficient (Wildman–Crippen LogP) is 4.49. The van der Waals surface area contributed by atoms with E-state index < -0.39 is 6.36 Å². The summed E-state index contributed by atoms with van der Waals surface area (Å²) >= 11 is 0. The van der Waals surface area contributed by atoms with Crippen molar-refractivity contribution in [3.05, 3.63) is 41.2 Å². The van der Waals surface area contributed by atoms with Crippen LogP contribution in [0, 0.1) is 13.8 Å². The molecule has 4 heterocycles. The van der Waals surface area contributed by atoms with Crippen molar-refractivity contribution < 1.29 is 32.2 Å². The molecule has 0 bridgehead atoms. The first-order valence-corrected chi connectivity index (χ1v) is 14.8. The number of piperidine rings is 1. The summed E-state index contributed by atoms with van der Waals surface area (Å²) < 4.78 is 53.7. The third-order valence-corrected chi connectivity index (χ3v) is 8.33. The lowest BCUT2D eigenvalue weighted by atomic mass is 10.0. The van der Waals surface area contributed by atoms with Gasteiger partial charge in [0, 0.05) is 51.5 Å². The van der Waals surface area contributed by atoms with E-state index >= 15 is 0 Å². The molecule has 1 aromatic heterocycles. The number of ether oxygens (including phenoxy) is 3. The predicted molar refractivity (Wildman–Crippen MR) is 153 cm³/mol. The Bertz CT molecular complexity index is 1160. The number of halogens is 3. The number of nitrogens with zero attached hydrogens (tertiary/aromatic N) is 4. The summed E-state index contributed by atoms with van der Waals surface area (Å²) in [6, 6.07) is 7.14. The highest BCUT2D eigenvalue weighted by Crippen LogP contribution is 2.29. The van der Waals surface area contributed by atoms with Crippen molar-refractivity contribution in [3.8, 4) is 11.4 Å². The number of methoxy groups -OCH3 is 2. The average Bonchev–Trinajstić information content (AvgIpc) is 3.70. The minimum absolute atomic E-state index is 0.0859. The summed E-state index contributed by atoms with van der Waals surface area (Å²) in [6.45, 7) is 8.71. The monoisotopic (exact) mass is 595 g/mol. The van der Waals surface area contributed by atoms with Gasteiger partial charge in [-0.3, -0.25) is 9.69 Å². The van der Waals surface area contributed by atoms with Gasteiger partial charge in [-0.1, -0.05) is 6.07 Å². The minimum atomic E-state index is -4.78. The molecule has 2 atom stereocenters. The van der Waals surface area contributed by atoms with Gasteiger partial charge in [0.25, 0.3) is 5.91 Å². The number of benzene rings is 1. The zero-order valence-electron chi connectivity index (χ0n) is 25.1. The number of aromatic nitrogens is 2. The summed E-state index contributed by atoms with van der Waals surface area (Å²) in [5.74, 6) is -0.418. The highest BCUT2D eigenvalue weighted by atomic mass is 19.4. The highest BCUT2D eigenvalue weighted by molar-refractivity contribution is 5.96. The first-order valence-electron chi connectivity index (χ1n) is 14.8. The van der Waals surface area contributed by atoms with Crippen LogP contribution in [0.2, 0.25) is 0 Å². The van der Waals surface area contributed by atoms with Gasteiger partial charge in [-0.2, -0.15) is 5.10 Å².